The Kier molecular flexibility index (Phi) is 4.51. The molecule has 0 spiro atoms. The number of benzene rings is 1. The van der Waals surface area contributed by atoms with E-state index in [4.69, 9.17) is 4.74 Å². The molecule has 0 fully saturated rings. The molecule has 1 unspecified atom stereocenters. The predicted octanol–water partition coefficient (Wildman–Crippen LogP) is 3.15. The summed E-state index contributed by atoms with van der Waals surface area (Å²) in [6, 6.07) is 13.6. The molecule has 1 aromatic heterocycles. The van der Waals surface area contributed by atoms with Gasteiger partial charge in [-0.15, -0.1) is 0 Å². The molecule has 0 aliphatic rings. The van der Waals surface area contributed by atoms with Gasteiger partial charge in [0.15, 0.2) is 0 Å². The Bertz CT molecular complexity index is 554. The van der Waals surface area contributed by atoms with Crippen molar-refractivity contribution in [2.75, 3.05) is 6.61 Å². The molecule has 2 aromatic rings. The first-order valence-corrected chi connectivity index (χ1v) is 6.78. The van der Waals surface area contributed by atoms with Gasteiger partial charge >= 0.3 is 5.97 Å². The van der Waals surface area contributed by atoms with Crippen LogP contribution in [0, 0.1) is 0 Å². The first-order valence-electron chi connectivity index (χ1n) is 6.78. The number of carbonyl (C=O) groups excluding carboxylic acids is 1. The lowest BCUT2D eigenvalue weighted by Gasteiger charge is -2.28. The maximum absolute atomic E-state index is 12.4. The van der Waals surface area contributed by atoms with Crippen LogP contribution in [-0.4, -0.2) is 17.6 Å². The second-order valence-electron chi connectivity index (χ2n) is 4.95. The van der Waals surface area contributed by atoms with Crippen molar-refractivity contribution in [1.29, 1.82) is 0 Å². The standard InChI is InChI=1S/C17H19NO2/c1-3-20-16(19)17(2,15-7-5-4-6-8-15)13-14-9-11-18-12-10-14/h4-12H,3,13H2,1-2H3. The van der Waals surface area contributed by atoms with Gasteiger partial charge in [-0.3, -0.25) is 9.78 Å². The van der Waals surface area contributed by atoms with E-state index in [-0.39, 0.29) is 5.97 Å². The highest BCUT2D eigenvalue weighted by Gasteiger charge is 2.36. The van der Waals surface area contributed by atoms with Crippen LogP contribution in [0.3, 0.4) is 0 Å². The first-order chi connectivity index (χ1) is 9.66. The summed E-state index contributed by atoms with van der Waals surface area (Å²) in [5, 5.41) is 0. The Labute approximate surface area is 119 Å². The van der Waals surface area contributed by atoms with E-state index in [2.05, 4.69) is 4.98 Å². The summed E-state index contributed by atoms with van der Waals surface area (Å²) in [4.78, 5) is 16.4. The Morgan fingerprint density at radius 3 is 2.40 bits per heavy atom. The van der Waals surface area contributed by atoms with E-state index in [0.717, 1.165) is 11.1 Å². The normalized spacial score (nSPS) is 13.5. The van der Waals surface area contributed by atoms with Gasteiger partial charge in [0.05, 0.1) is 12.0 Å². The Balaban J connectivity index is 2.36. The third-order valence-electron chi connectivity index (χ3n) is 3.44. The van der Waals surface area contributed by atoms with Gasteiger partial charge in [-0.05, 0) is 43.5 Å². The van der Waals surface area contributed by atoms with Crippen molar-refractivity contribution >= 4 is 5.97 Å². The SMILES string of the molecule is CCOC(=O)C(C)(Cc1ccncc1)c1ccccc1. The van der Waals surface area contributed by atoms with E-state index in [0.29, 0.717) is 13.0 Å². The molecule has 20 heavy (non-hydrogen) atoms. The fraction of sp³-hybridized carbons (Fsp3) is 0.294. The molecule has 104 valence electrons. The minimum atomic E-state index is -0.682. The Morgan fingerprint density at radius 2 is 1.80 bits per heavy atom. The number of esters is 1. The minimum absolute atomic E-state index is 0.192. The monoisotopic (exact) mass is 269 g/mol. The largest absolute Gasteiger partial charge is 0.465 e. The molecule has 0 amide bonds. The van der Waals surface area contributed by atoms with E-state index < -0.39 is 5.41 Å². The van der Waals surface area contributed by atoms with E-state index >= 15 is 0 Å². The van der Waals surface area contributed by atoms with Crippen LogP contribution in [0.4, 0.5) is 0 Å². The molecule has 0 saturated carbocycles. The number of pyridine rings is 1. The summed E-state index contributed by atoms with van der Waals surface area (Å²) in [7, 11) is 0. The van der Waals surface area contributed by atoms with Gasteiger partial charge in [-0.2, -0.15) is 0 Å². The molecule has 0 saturated heterocycles. The molecule has 1 heterocycles. The zero-order chi connectivity index (χ0) is 14.4. The van der Waals surface area contributed by atoms with Crippen LogP contribution >= 0.6 is 0 Å². The van der Waals surface area contributed by atoms with Gasteiger partial charge in [-0.1, -0.05) is 30.3 Å². The predicted molar refractivity (Wildman–Crippen MR) is 78.4 cm³/mol. The van der Waals surface area contributed by atoms with Crippen LogP contribution in [0.25, 0.3) is 0 Å². The Morgan fingerprint density at radius 1 is 1.15 bits per heavy atom. The number of hydrogen-bond donors (Lipinski definition) is 0. The molecule has 3 nitrogen and oxygen atoms in total. The van der Waals surface area contributed by atoms with Crippen LogP contribution in [0.5, 0.6) is 0 Å². The third-order valence-corrected chi connectivity index (χ3v) is 3.44. The van der Waals surface area contributed by atoms with Crippen molar-refractivity contribution in [2.45, 2.75) is 25.7 Å². The lowest BCUT2D eigenvalue weighted by Crippen LogP contribution is -2.36. The molecule has 1 aromatic carbocycles. The number of ether oxygens (including phenoxy) is 1. The van der Waals surface area contributed by atoms with Gasteiger partial charge in [-0.25, -0.2) is 0 Å². The summed E-state index contributed by atoms with van der Waals surface area (Å²) in [5.41, 5.74) is 1.35. The lowest BCUT2D eigenvalue weighted by molar-refractivity contribution is -0.149. The highest BCUT2D eigenvalue weighted by atomic mass is 16.5. The molecule has 2 rings (SSSR count). The summed E-state index contributed by atoms with van der Waals surface area (Å²) in [6.45, 7) is 4.15. The molecular formula is C17H19NO2. The summed E-state index contributed by atoms with van der Waals surface area (Å²) in [6.07, 6.45) is 4.08. The number of hydrogen-bond acceptors (Lipinski definition) is 3. The van der Waals surface area contributed by atoms with Crippen LogP contribution < -0.4 is 0 Å². The molecule has 0 aliphatic heterocycles. The van der Waals surface area contributed by atoms with E-state index in [1.165, 1.54) is 0 Å². The van der Waals surface area contributed by atoms with Gasteiger partial charge in [0.2, 0.25) is 0 Å². The van der Waals surface area contributed by atoms with Gasteiger partial charge in [0, 0.05) is 12.4 Å². The number of nitrogens with zero attached hydrogens (tertiary/aromatic N) is 1. The topological polar surface area (TPSA) is 39.2 Å². The summed E-state index contributed by atoms with van der Waals surface area (Å²) < 4.78 is 5.28. The van der Waals surface area contributed by atoms with Crippen molar-refractivity contribution in [3.8, 4) is 0 Å². The quantitative estimate of drug-likeness (QED) is 0.783. The van der Waals surface area contributed by atoms with E-state index in [1.54, 1.807) is 12.4 Å². The highest BCUT2D eigenvalue weighted by Crippen LogP contribution is 2.29. The molecule has 3 heteroatoms. The van der Waals surface area contributed by atoms with Crippen molar-refractivity contribution in [3.63, 3.8) is 0 Å². The van der Waals surface area contributed by atoms with Gasteiger partial charge in [0.1, 0.15) is 0 Å². The highest BCUT2D eigenvalue weighted by molar-refractivity contribution is 5.83. The van der Waals surface area contributed by atoms with Gasteiger partial charge in [0.25, 0.3) is 0 Å². The zero-order valence-corrected chi connectivity index (χ0v) is 11.9. The summed E-state index contributed by atoms with van der Waals surface area (Å²) >= 11 is 0. The fourth-order valence-electron chi connectivity index (χ4n) is 2.30. The fourth-order valence-corrected chi connectivity index (χ4v) is 2.30. The second-order valence-corrected chi connectivity index (χ2v) is 4.95. The molecule has 0 aliphatic carbocycles. The van der Waals surface area contributed by atoms with E-state index in [1.807, 2.05) is 56.3 Å². The molecular weight excluding hydrogens is 250 g/mol. The molecule has 0 radical (unpaired) electrons. The maximum atomic E-state index is 12.4. The van der Waals surface area contributed by atoms with Crippen LogP contribution in [0.1, 0.15) is 25.0 Å². The number of carbonyl (C=O) groups is 1. The van der Waals surface area contributed by atoms with Gasteiger partial charge < -0.3 is 4.74 Å². The summed E-state index contributed by atoms with van der Waals surface area (Å²) in [5.74, 6) is -0.192. The van der Waals surface area contributed by atoms with Crippen molar-refractivity contribution in [2.24, 2.45) is 0 Å². The van der Waals surface area contributed by atoms with Crippen molar-refractivity contribution < 1.29 is 9.53 Å². The van der Waals surface area contributed by atoms with Crippen LogP contribution in [0.2, 0.25) is 0 Å². The van der Waals surface area contributed by atoms with E-state index in [9.17, 15) is 4.79 Å². The molecule has 0 bridgehead atoms. The number of aromatic nitrogens is 1. The zero-order valence-electron chi connectivity index (χ0n) is 11.9. The van der Waals surface area contributed by atoms with Crippen molar-refractivity contribution in [1.82, 2.24) is 4.98 Å². The minimum Gasteiger partial charge on any atom is -0.465 e. The maximum Gasteiger partial charge on any atom is 0.316 e. The van der Waals surface area contributed by atoms with Crippen molar-refractivity contribution in [3.05, 3.63) is 66.0 Å². The van der Waals surface area contributed by atoms with Crippen LogP contribution in [-0.2, 0) is 21.4 Å². The lowest BCUT2D eigenvalue weighted by atomic mass is 9.77. The molecule has 1 atom stereocenters. The average molecular weight is 269 g/mol. The van der Waals surface area contributed by atoms with Crippen LogP contribution in [0.15, 0.2) is 54.9 Å². The number of rotatable bonds is 5. The average Bonchev–Trinajstić information content (AvgIpc) is 2.49. The third kappa shape index (κ3) is 3.05. The molecule has 0 N–H and O–H groups in total. The first kappa shape index (κ1) is 14.3. The smallest absolute Gasteiger partial charge is 0.316 e. The Hall–Kier alpha value is -2.16. The second kappa shape index (κ2) is 6.33.